The summed E-state index contributed by atoms with van der Waals surface area (Å²) in [7, 11) is 1.45. The van der Waals surface area contributed by atoms with Crippen LogP contribution in [0.5, 0.6) is 11.5 Å². The first-order chi connectivity index (χ1) is 22.8. The number of piperidine rings is 1. The number of amides is 1. The predicted octanol–water partition coefficient (Wildman–Crippen LogP) is 5.86. The van der Waals surface area contributed by atoms with Gasteiger partial charge in [0.25, 0.3) is 0 Å². The second kappa shape index (κ2) is 14.9. The Morgan fingerprint density at radius 3 is 2.51 bits per heavy atom. The van der Waals surface area contributed by atoms with Crippen LogP contribution in [0.25, 0.3) is 22.3 Å². The number of nitrogens with zero attached hydrogens (tertiary/aromatic N) is 4. The zero-order chi connectivity index (χ0) is 33.5. The van der Waals surface area contributed by atoms with Crippen LogP contribution >= 0.6 is 11.6 Å². The number of halogens is 2. The van der Waals surface area contributed by atoms with Crippen LogP contribution in [0.3, 0.4) is 0 Å². The van der Waals surface area contributed by atoms with Crippen LogP contribution < -0.4 is 20.4 Å². The van der Waals surface area contributed by atoms with E-state index >= 15 is 0 Å². The van der Waals surface area contributed by atoms with E-state index in [1.165, 1.54) is 25.3 Å². The van der Waals surface area contributed by atoms with E-state index in [0.717, 1.165) is 24.0 Å². The highest BCUT2D eigenvalue weighted by atomic mass is 35.5. The summed E-state index contributed by atoms with van der Waals surface area (Å²) < 4.78 is 20.0. The number of aromatic nitrogens is 1. The lowest BCUT2D eigenvalue weighted by Gasteiger charge is -2.34. The van der Waals surface area contributed by atoms with E-state index < -0.39 is 11.7 Å². The molecule has 12 heteroatoms. The van der Waals surface area contributed by atoms with E-state index in [1.807, 2.05) is 29.2 Å². The van der Waals surface area contributed by atoms with Crippen LogP contribution in [0.15, 0.2) is 60.8 Å². The molecule has 0 aliphatic carbocycles. The third-order valence-corrected chi connectivity index (χ3v) is 8.65. The number of rotatable bonds is 10. The molecule has 47 heavy (non-hydrogen) atoms. The number of nitriles is 2. The van der Waals surface area contributed by atoms with Crippen LogP contribution in [0, 0.1) is 28.5 Å². The van der Waals surface area contributed by atoms with Gasteiger partial charge in [0.1, 0.15) is 29.3 Å². The van der Waals surface area contributed by atoms with E-state index in [0.29, 0.717) is 59.1 Å². The van der Waals surface area contributed by atoms with Crippen molar-refractivity contribution in [2.24, 2.45) is 0 Å². The van der Waals surface area contributed by atoms with Crippen molar-refractivity contribution in [3.63, 3.8) is 0 Å². The van der Waals surface area contributed by atoms with E-state index in [1.54, 1.807) is 29.9 Å². The molecule has 1 amide bonds. The van der Waals surface area contributed by atoms with Crippen molar-refractivity contribution in [1.82, 2.24) is 15.8 Å². The van der Waals surface area contributed by atoms with Crippen LogP contribution in [0.2, 0.25) is 5.02 Å². The Hall–Kier alpha value is -5.20. The fourth-order valence-corrected chi connectivity index (χ4v) is 6.01. The number of ether oxygens (including phenoxy) is 1. The van der Waals surface area contributed by atoms with Crippen molar-refractivity contribution in [3.8, 4) is 45.9 Å². The smallest absolute Gasteiger partial charge is 0.243 e. The van der Waals surface area contributed by atoms with Crippen LogP contribution in [0.1, 0.15) is 41.5 Å². The first-order valence-corrected chi connectivity index (χ1v) is 15.3. The number of aromatic hydroxyl groups is 1. The van der Waals surface area contributed by atoms with Crippen molar-refractivity contribution >= 4 is 23.3 Å². The Morgan fingerprint density at radius 1 is 1.11 bits per heavy atom. The first kappa shape index (κ1) is 33.2. The number of anilines is 1. The van der Waals surface area contributed by atoms with Gasteiger partial charge in [-0.15, -0.1) is 0 Å². The van der Waals surface area contributed by atoms with E-state index in [2.05, 4.69) is 11.4 Å². The summed E-state index contributed by atoms with van der Waals surface area (Å²) in [5.41, 5.74) is 5.53. The zero-order valence-corrected chi connectivity index (χ0v) is 26.3. The number of phenolic OH excluding ortho intramolecular Hbond substituents is 1. The average molecular weight is 655 g/mol. The molecule has 1 aliphatic heterocycles. The van der Waals surface area contributed by atoms with Gasteiger partial charge in [0, 0.05) is 54.4 Å². The number of carbonyl (C=O) groups is 1. The molecule has 0 spiro atoms. The number of carbonyl (C=O) groups excluding carboxylic acids is 1. The van der Waals surface area contributed by atoms with Gasteiger partial charge in [0.05, 0.1) is 12.7 Å². The molecule has 4 N–H and O–H groups in total. The Kier molecular flexibility index (Phi) is 10.5. The number of phenols is 1. The lowest BCUT2D eigenvalue weighted by Crippen LogP contribution is -2.43. The normalized spacial score (nSPS) is 13.1. The number of hydroxylamine groups is 1. The molecule has 0 atom stereocenters. The van der Waals surface area contributed by atoms with Crippen LogP contribution in [-0.2, 0) is 17.8 Å². The molecule has 10 nitrogen and oxygen atoms in total. The highest BCUT2D eigenvalue weighted by Gasteiger charge is 2.26. The highest BCUT2D eigenvalue weighted by molar-refractivity contribution is 6.31. The fraction of sp³-hybridized carbons (Fsp3) is 0.257. The Labute approximate surface area is 276 Å². The molecular formula is C35H32ClFN6O4. The Balaban J connectivity index is 1.36. The summed E-state index contributed by atoms with van der Waals surface area (Å²) in [6.45, 7) is 1.78. The van der Waals surface area contributed by atoms with Crippen LogP contribution in [-0.4, -0.2) is 47.4 Å². The molecule has 1 fully saturated rings. The summed E-state index contributed by atoms with van der Waals surface area (Å²) in [6.07, 6.45) is 3.78. The van der Waals surface area contributed by atoms with Crippen LogP contribution in [0.4, 0.5) is 10.2 Å². The maximum atomic E-state index is 14.9. The second-order valence-corrected chi connectivity index (χ2v) is 11.6. The van der Waals surface area contributed by atoms with Gasteiger partial charge in [-0.3, -0.25) is 10.0 Å². The largest absolute Gasteiger partial charge is 0.504 e. The average Bonchev–Trinajstić information content (AvgIpc) is 3.09. The lowest BCUT2D eigenvalue weighted by atomic mass is 9.91. The number of benzene rings is 3. The third kappa shape index (κ3) is 7.45. The van der Waals surface area contributed by atoms with Crippen molar-refractivity contribution in [2.75, 3.05) is 25.1 Å². The SMILES string of the molecule is COc1ccc(-c2cnc(N3CCC(NCc4ccc(CCC(=O)NO)cc4Cl)CC3)c(C#N)c2-c2ccc(C#N)c(F)c2)cc1O. The van der Waals surface area contributed by atoms with Gasteiger partial charge in [0.2, 0.25) is 5.91 Å². The number of pyridine rings is 1. The van der Waals surface area contributed by atoms with E-state index in [4.69, 9.17) is 26.5 Å². The molecular weight excluding hydrogens is 623 g/mol. The number of hydrogen-bond donors (Lipinski definition) is 4. The summed E-state index contributed by atoms with van der Waals surface area (Å²) in [6, 6.07) is 19.1. The van der Waals surface area contributed by atoms with E-state index in [-0.39, 0.29) is 35.1 Å². The highest BCUT2D eigenvalue weighted by Crippen LogP contribution is 2.41. The molecule has 1 aromatic heterocycles. The predicted molar refractivity (Wildman–Crippen MR) is 174 cm³/mol. The minimum Gasteiger partial charge on any atom is -0.504 e. The number of aryl methyl sites for hydroxylation is 1. The summed E-state index contributed by atoms with van der Waals surface area (Å²) >= 11 is 6.51. The standard InChI is InChI=1S/C35H32ClFN6O4/c1-47-32-8-7-22(16-31(32)44)28-20-41-35(27(18-39)34(28)23-5-6-24(17-38)30(37)15-23)43-12-10-26(11-13-43)40-19-25-4-2-21(14-29(25)36)3-9-33(45)42-46/h2,4-8,14-16,20,26,40,44,46H,3,9-13,19H2,1H3,(H,42,45). The first-order valence-electron chi connectivity index (χ1n) is 14.9. The molecule has 0 bridgehead atoms. The van der Waals surface area contributed by atoms with E-state index in [9.17, 15) is 24.8 Å². The maximum absolute atomic E-state index is 14.9. The lowest BCUT2D eigenvalue weighted by molar-refractivity contribution is -0.129. The molecule has 0 radical (unpaired) electrons. The minimum atomic E-state index is -0.702. The van der Waals surface area contributed by atoms with Crippen molar-refractivity contribution in [3.05, 3.63) is 93.9 Å². The van der Waals surface area contributed by atoms with Gasteiger partial charge in [-0.25, -0.2) is 14.9 Å². The number of nitrogens with one attached hydrogen (secondary N) is 2. The molecule has 5 rings (SSSR count). The maximum Gasteiger partial charge on any atom is 0.243 e. The zero-order valence-electron chi connectivity index (χ0n) is 25.6. The number of hydrogen-bond acceptors (Lipinski definition) is 9. The molecule has 2 heterocycles. The molecule has 0 unspecified atom stereocenters. The molecule has 240 valence electrons. The van der Waals surface area contributed by atoms with Gasteiger partial charge in [-0.2, -0.15) is 10.5 Å². The molecule has 4 aromatic rings. The summed E-state index contributed by atoms with van der Waals surface area (Å²) in [5.74, 6) is -0.496. The van der Waals surface area contributed by atoms with Gasteiger partial charge >= 0.3 is 0 Å². The minimum absolute atomic E-state index is 0.0940. The summed E-state index contributed by atoms with van der Waals surface area (Å²) in [5, 5.41) is 43.1. The van der Waals surface area contributed by atoms with Gasteiger partial charge in [-0.1, -0.05) is 35.9 Å². The second-order valence-electron chi connectivity index (χ2n) is 11.2. The molecule has 3 aromatic carbocycles. The van der Waals surface area contributed by atoms with Gasteiger partial charge in [-0.05, 0) is 71.8 Å². The number of methoxy groups -OCH3 is 1. The van der Waals surface area contributed by atoms with Gasteiger partial charge < -0.3 is 20.1 Å². The fourth-order valence-electron chi connectivity index (χ4n) is 5.74. The van der Waals surface area contributed by atoms with Crippen molar-refractivity contribution in [1.29, 1.82) is 10.5 Å². The topological polar surface area (TPSA) is 155 Å². The molecule has 1 saturated heterocycles. The molecule has 0 saturated carbocycles. The van der Waals surface area contributed by atoms with Crippen molar-refractivity contribution in [2.45, 2.75) is 38.3 Å². The van der Waals surface area contributed by atoms with Crippen molar-refractivity contribution < 1.29 is 24.2 Å². The Bertz CT molecular complexity index is 1880. The Morgan fingerprint density at radius 2 is 1.87 bits per heavy atom. The quantitative estimate of drug-likeness (QED) is 0.122. The van der Waals surface area contributed by atoms with Gasteiger partial charge in [0.15, 0.2) is 11.5 Å². The molecule has 1 aliphatic rings. The summed E-state index contributed by atoms with van der Waals surface area (Å²) in [4.78, 5) is 18.1. The monoisotopic (exact) mass is 654 g/mol. The third-order valence-electron chi connectivity index (χ3n) is 8.30.